The van der Waals surface area contributed by atoms with Gasteiger partial charge in [-0.15, -0.1) is 0 Å². The molecule has 0 aromatic heterocycles. The van der Waals surface area contributed by atoms with Crippen molar-refractivity contribution < 1.29 is 19.0 Å². The minimum absolute atomic E-state index is 0.0168. The number of methoxy groups -OCH3 is 1. The summed E-state index contributed by atoms with van der Waals surface area (Å²) >= 11 is 0. The molecular formula is C15H21NO4. The van der Waals surface area contributed by atoms with Crippen LogP contribution in [0.5, 0.6) is 11.5 Å². The number of benzene rings is 1. The molecule has 110 valence electrons. The molecule has 1 aromatic rings. The van der Waals surface area contributed by atoms with Crippen LogP contribution in [0, 0.1) is 0 Å². The van der Waals surface area contributed by atoms with Gasteiger partial charge < -0.3 is 14.2 Å². The highest BCUT2D eigenvalue weighted by Crippen LogP contribution is 2.28. The molecule has 1 fully saturated rings. The highest BCUT2D eigenvalue weighted by molar-refractivity contribution is 5.94. The first kappa shape index (κ1) is 14.8. The van der Waals surface area contributed by atoms with Crippen molar-refractivity contribution in [2.75, 3.05) is 46.6 Å². The van der Waals surface area contributed by atoms with Gasteiger partial charge in [0, 0.05) is 25.2 Å². The van der Waals surface area contributed by atoms with Crippen molar-refractivity contribution in [3.8, 4) is 11.5 Å². The zero-order valence-electron chi connectivity index (χ0n) is 12.1. The minimum atomic E-state index is 0.0168. The van der Waals surface area contributed by atoms with E-state index in [1.54, 1.807) is 25.3 Å². The van der Waals surface area contributed by atoms with E-state index in [-0.39, 0.29) is 5.78 Å². The number of hydrogen-bond donors (Lipinski definition) is 0. The third-order valence-electron chi connectivity index (χ3n) is 3.34. The second-order valence-electron chi connectivity index (χ2n) is 4.72. The molecule has 1 aliphatic rings. The summed E-state index contributed by atoms with van der Waals surface area (Å²) in [5.41, 5.74) is 0.627. The number of ketones is 1. The Hall–Kier alpha value is -1.59. The molecule has 0 unspecified atom stereocenters. The lowest BCUT2D eigenvalue weighted by molar-refractivity contribution is 0.0321. The van der Waals surface area contributed by atoms with Crippen LogP contribution < -0.4 is 9.47 Å². The Morgan fingerprint density at radius 1 is 1.30 bits per heavy atom. The summed E-state index contributed by atoms with van der Waals surface area (Å²) in [6.45, 7) is 6.46. The predicted molar refractivity (Wildman–Crippen MR) is 75.8 cm³/mol. The summed E-state index contributed by atoms with van der Waals surface area (Å²) in [7, 11) is 1.58. The number of ether oxygens (including phenoxy) is 3. The maximum absolute atomic E-state index is 11.3. The van der Waals surface area contributed by atoms with Crippen LogP contribution in [0.15, 0.2) is 18.2 Å². The van der Waals surface area contributed by atoms with Gasteiger partial charge in [0.1, 0.15) is 6.61 Å². The highest BCUT2D eigenvalue weighted by atomic mass is 16.5. The van der Waals surface area contributed by atoms with Gasteiger partial charge >= 0.3 is 0 Å². The number of hydrogen-bond acceptors (Lipinski definition) is 5. The van der Waals surface area contributed by atoms with E-state index in [4.69, 9.17) is 14.2 Å². The number of morpholine rings is 1. The normalized spacial score (nSPS) is 15.9. The molecule has 0 atom stereocenters. The molecule has 0 radical (unpaired) electrons. The van der Waals surface area contributed by atoms with Crippen LogP contribution in [0.3, 0.4) is 0 Å². The fraction of sp³-hybridized carbons (Fsp3) is 0.533. The van der Waals surface area contributed by atoms with E-state index < -0.39 is 0 Å². The van der Waals surface area contributed by atoms with Gasteiger partial charge in [0.25, 0.3) is 0 Å². The molecule has 0 bridgehead atoms. The van der Waals surface area contributed by atoms with Crippen molar-refractivity contribution in [3.05, 3.63) is 23.8 Å². The van der Waals surface area contributed by atoms with Crippen molar-refractivity contribution >= 4 is 5.78 Å². The molecule has 0 N–H and O–H groups in total. The van der Waals surface area contributed by atoms with Gasteiger partial charge in [-0.25, -0.2) is 0 Å². The first-order valence-electron chi connectivity index (χ1n) is 6.82. The third kappa shape index (κ3) is 3.95. The van der Waals surface area contributed by atoms with Crippen LogP contribution in [0.25, 0.3) is 0 Å². The second-order valence-corrected chi connectivity index (χ2v) is 4.72. The molecule has 0 saturated carbocycles. The number of nitrogens with zero attached hydrogens (tertiary/aromatic N) is 1. The Morgan fingerprint density at radius 2 is 2.05 bits per heavy atom. The van der Waals surface area contributed by atoms with Crippen LogP contribution in [-0.4, -0.2) is 57.2 Å². The fourth-order valence-corrected chi connectivity index (χ4v) is 2.12. The zero-order valence-corrected chi connectivity index (χ0v) is 12.1. The van der Waals surface area contributed by atoms with Crippen LogP contribution in [0.4, 0.5) is 0 Å². The van der Waals surface area contributed by atoms with Gasteiger partial charge in [0.05, 0.1) is 20.3 Å². The van der Waals surface area contributed by atoms with Crippen molar-refractivity contribution in [3.63, 3.8) is 0 Å². The van der Waals surface area contributed by atoms with Crippen LogP contribution in [0.1, 0.15) is 17.3 Å². The Morgan fingerprint density at radius 3 is 2.70 bits per heavy atom. The van der Waals surface area contributed by atoms with Crippen molar-refractivity contribution in [1.29, 1.82) is 0 Å². The first-order chi connectivity index (χ1) is 9.70. The molecule has 5 heteroatoms. The number of rotatable bonds is 6. The fourth-order valence-electron chi connectivity index (χ4n) is 2.12. The topological polar surface area (TPSA) is 48.0 Å². The molecule has 20 heavy (non-hydrogen) atoms. The Labute approximate surface area is 119 Å². The van der Waals surface area contributed by atoms with Crippen molar-refractivity contribution in [1.82, 2.24) is 4.90 Å². The number of carbonyl (C=O) groups is 1. The Balaban J connectivity index is 1.89. The third-order valence-corrected chi connectivity index (χ3v) is 3.34. The van der Waals surface area contributed by atoms with Gasteiger partial charge in [-0.05, 0) is 25.1 Å². The summed E-state index contributed by atoms with van der Waals surface area (Å²) in [5.74, 6) is 1.29. The van der Waals surface area contributed by atoms with E-state index in [1.807, 2.05) is 0 Å². The summed E-state index contributed by atoms with van der Waals surface area (Å²) in [6.07, 6.45) is 0. The van der Waals surface area contributed by atoms with Crippen molar-refractivity contribution in [2.24, 2.45) is 0 Å². The molecule has 1 aromatic carbocycles. The molecule has 1 heterocycles. The smallest absolute Gasteiger partial charge is 0.161 e. The molecule has 2 rings (SSSR count). The molecular weight excluding hydrogens is 258 g/mol. The summed E-state index contributed by atoms with van der Waals surface area (Å²) < 4.78 is 16.3. The van der Waals surface area contributed by atoms with Gasteiger partial charge in [-0.3, -0.25) is 9.69 Å². The largest absolute Gasteiger partial charge is 0.493 e. The maximum Gasteiger partial charge on any atom is 0.161 e. The second kappa shape index (κ2) is 7.26. The first-order valence-corrected chi connectivity index (χ1v) is 6.82. The van der Waals surface area contributed by atoms with E-state index in [2.05, 4.69) is 4.90 Å². The summed E-state index contributed by atoms with van der Waals surface area (Å²) in [5, 5.41) is 0. The van der Waals surface area contributed by atoms with Crippen molar-refractivity contribution in [2.45, 2.75) is 6.92 Å². The molecule has 1 saturated heterocycles. The van der Waals surface area contributed by atoms with Gasteiger partial charge in [0.2, 0.25) is 0 Å². The van der Waals surface area contributed by atoms with Crippen LogP contribution >= 0.6 is 0 Å². The average molecular weight is 279 g/mol. The van der Waals surface area contributed by atoms with Gasteiger partial charge in [0.15, 0.2) is 17.3 Å². The van der Waals surface area contributed by atoms with E-state index >= 15 is 0 Å². The number of Topliss-reactive ketones (excluding diaryl/α,β-unsaturated/α-hetero) is 1. The average Bonchev–Trinajstić information content (AvgIpc) is 2.48. The molecule has 0 spiro atoms. The van der Waals surface area contributed by atoms with Gasteiger partial charge in [-0.2, -0.15) is 0 Å². The summed E-state index contributed by atoms with van der Waals surface area (Å²) in [4.78, 5) is 13.6. The lowest BCUT2D eigenvalue weighted by Crippen LogP contribution is -2.38. The van der Waals surface area contributed by atoms with Crippen LogP contribution in [-0.2, 0) is 4.74 Å². The highest BCUT2D eigenvalue weighted by Gasteiger charge is 2.11. The molecule has 0 amide bonds. The monoisotopic (exact) mass is 279 g/mol. The molecule has 0 aliphatic carbocycles. The SMILES string of the molecule is COc1cc(C(C)=O)ccc1OCCN1CCOCC1. The standard InChI is InChI=1S/C15H21NO4/c1-12(17)13-3-4-14(15(11-13)18-2)20-10-7-16-5-8-19-9-6-16/h3-4,11H,5-10H2,1-2H3. The zero-order chi connectivity index (χ0) is 14.4. The van der Waals surface area contributed by atoms with Gasteiger partial charge in [-0.1, -0.05) is 0 Å². The molecule has 5 nitrogen and oxygen atoms in total. The Bertz CT molecular complexity index is 455. The lowest BCUT2D eigenvalue weighted by Gasteiger charge is -2.26. The quantitative estimate of drug-likeness (QED) is 0.740. The maximum atomic E-state index is 11.3. The van der Waals surface area contributed by atoms with E-state index in [9.17, 15) is 4.79 Å². The number of carbonyl (C=O) groups excluding carboxylic acids is 1. The summed E-state index contributed by atoms with van der Waals surface area (Å²) in [6, 6.07) is 5.26. The lowest BCUT2D eigenvalue weighted by atomic mass is 10.1. The Kier molecular flexibility index (Phi) is 5.38. The minimum Gasteiger partial charge on any atom is -0.493 e. The predicted octanol–water partition coefficient (Wildman–Crippen LogP) is 1.61. The van der Waals surface area contributed by atoms with E-state index in [1.165, 1.54) is 6.92 Å². The van der Waals surface area contributed by atoms with E-state index in [0.29, 0.717) is 23.7 Å². The molecule has 1 aliphatic heterocycles. The van der Waals surface area contributed by atoms with E-state index in [0.717, 1.165) is 32.8 Å². The van der Waals surface area contributed by atoms with Crippen LogP contribution in [0.2, 0.25) is 0 Å².